The third-order valence-corrected chi connectivity index (χ3v) is 4.10. The summed E-state index contributed by atoms with van der Waals surface area (Å²) in [5, 5.41) is 9.61. The van der Waals surface area contributed by atoms with Gasteiger partial charge in [-0.3, -0.25) is 9.59 Å². The summed E-state index contributed by atoms with van der Waals surface area (Å²) in [4.78, 5) is 25.7. The number of rotatable bonds is 7. The molecule has 23 heavy (non-hydrogen) atoms. The van der Waals surface area contributed by atoms with E-state index in [1.807, 2.05) is 31.2 Å². The van der Waals surface area contributed by atoms with Crippen molar-refractivity contribution in [1.29, 1.82) is 0 Å². The van der Waals surface area contributed by atoms with Gasteiger partial charge in [-0.15, -0.1) is 0 Å². The molecule has 1 heterocycles. The highest BCUT2D eigenvalue weighted by molar-refractivity contribution is 5.82. The zero-order valence-corrected chi connectivity index (χ0v) is 13.5. The van der Waals surface area contributed by atoms with Gasteiger partial charge in [0.1, 0.15) is 5.75 Å². The summed E-state index contributed by atoms with van der Waals surface area (Å²) in [7, 11) is 1.56. The standard InChI is InChI=1S/C17H23NO5/c1-3-23-14-7-5-4-6-12(14)16-13(17(20)21)8-9-15(19)18(16)10-11-22-2/h4-7,13,16H,3,8-11H2,1-2H3,(H,20,21)/t13-,16+/m0/s1. The molecule has 1 fully saturated rings. The molecule has 1 N–H and O–H groups in total. The van der Waals surface area contributed by atoms with Crippen LogP contribution in [0.4, 0.5) is 0 Å². The van der Waals surface area contributed by atoms with Crippen molar-refractivity contribution in [3.63, 3.8) is 0 Å². The predicted molar refractivity (Wildman–Crippen MR) is 84.3 cm³/mol. The fourth-order valence-corrected chi connectivity index (χ4v) is 3.06. The summed E-state index contributed by atoms with van der Waals surface area (Å²) >= 11 is 0. The lowest BCUT2D eigenvalue weighted by atomic mass is 9.84. The smallest absolute Gasteiger partial charge is 0.308 e. The number of para-hydroxylation sites is 1. The van der Waals surface area contributed by atoms with Crippen LogP contribution >= 0.6 is 0 Å². The molecule has 0 saturated carbocycles. The number of carboxylic acids is 1. The molecular weight excluding hydrogens is 298 g/mol. The van der Waals surface area contributed by atoms with E-state index in [2.05, 4.69) is 0 Å². The molecule has 0 spiro atoms. The number of benzene rings is 1. The first-order chi connectivity index (χ1) is 11.1. The molecule has 126 valence electrons. The van der Waals surface area contributed by atoms with Crippen LogP contribution in [0.25, 0.3) is 0 Å². The Morgan fingerprint density at radius 3 is 2.78 bits per heavy atom. The molecule has 2 rings (SSSR count). The van der Waals surface area contributed by atoms with Crippen LogP contribution in [0, 0.1) is 5.92 Å². The third-order valence-electron chi connectivity index (χ3n) is 4.10. The Morgan fingerprint density at radius 1 is 1.39 bits per heavy atom. The Labute approximate surface area is 136 Å². The number of carbonyl (C=O) groups is 2. The number of ether oxygens (including phenoxy) is 2. The largest absolute Gasteiger partial charge is 0.494 e. The van der Waals surface area contributed by atoms with Crippen LogP contribution in [-0.4, -0.2) is 48.8 Å². The molecule has 1 saturated heterocycles. The summed E-state index contributed by atoms with van der Waals surface area (Å²) in [6, 6.07) is 6.79. The Hall–Kier alpha value is -2.08. The number of carboxylic acid groups (broad SMARTS) is 1. The van der Waals surface area contributed by atoms with Crippen LogP contribution < -0.4 is 4.74 Å². The number of methoxy groups -OCH3 is 1. The predicted octanol–water partition coefficient (Wildman–Crippen LogP) is 2.10. The molecule has 0 radical (unpaired) electrons. The van der Waals surface area contributed by atoms with E-state index in [9.17, 15) is 14.7 Å². The zero-order chi connectivity index (χ0) is 16.8. The van der Waals surface area contributed by atoms with E-state index in [0.717, 1.165) is 5.56 Å². The van der Waals surface area contributed by atoms with Gasteiger partial charge in [0.25, 0.3) is 0 Å². The second-order valence-electron chi connectivity index (χ2n) is 5.48. The summed E-state index contributed by atoms with van der Waals surface area (Å²) in [5.41, 5.74) is 0.742. The average molecular weight is 321 g/mol. The van der Waals surface area contributed by atoms with Gasteiger partial charge in [-0.2, -0.15) is 0 Å². The molecule has 0 aliphatic carbocycles. The van der Waals surface area contributed by atoms with Crippen molar-refractivity contribution in [2.45, 2.75) is 25.8 Å². The van der Waals surface area contributed by atoms with Crippen LogP contribution in [0.3, 0.4) is 0 Å². The van der Waals surface area contributed by atoms with Gasteiger partial charge in [-0.05, 0) is 19.4 Å². The minimum absolute atomic E-state index is 0.0455. The summed E-state index contributed by atoms with van der Waals surface area (Å²) in [5.74, 6) is -0.957. The number of hydrogen-bond acceptors (Lipinski definition) is 4. The molecular formula is C17H23NO5. The van der Waals surface area contributed by atoms with Gasteiger partial charge in [0.15, 0.2) is 0 Å². The maximum atomic E-state index is 12.4. The number of amides is 1. The molecule has 2 atom stereocenters. The Kier molecular flexibility index (Phi) is 5.98. The lowest BCUT2D eigenvalue weighted by molar-refractivity contribution is -0.152. The zero-order valence-electron chi connectivity index (χ0n) is 13.5. The number of likely N-dealkylation sites (tertiary alicyclic amines) is 1. The van der Waals surface area contributed by atoms with E-state index in [-0.39, 0.29) is 12.3 Å². The minimum atomic E-state index is -0.892. The van der Waals surface area contributed by atoms with Gasteiger partial charge in [0.05, 0.1) is 25.2 Å². The van der Waals surface area contributed by atoms with Crippen molar-refractivity contribution in [2.24, 2.45) is 5.92 Å². The first-order valence-corrected chi connectivity index (χ1v) is 7.83. The second kappa shape index (κ2) is 7.97. The highest BCUT2D eigenvalue weighted by Gasteiger charge is 2.41. The van der Waals surface area contributed by atoms with Crippen LogP contribution in [0.15, 0.2) is 24.3 Å². The van der Waals surface area contributed by atoms with Gasteiger partial charge in [-0.1, -0.05) is 18.2 Å². The number of nitrogens with zero attached hydrogens (tertiary/aromatic N) is 1. The fraction of sp³-hybridized carbons (Fsp3) is 0.529. The third kappa shape index (κ3) is 3.82. The first kappa shape index (κ1) is 17.3. The Bertz CT molecular complexity index is 560. The number of piperidine rings is 1. The molecule has 1 aliphatic heterocycles. The van der Waals surface area contributed by atoms with Crippen LogP contribution in [-0.2, 0) is 14.3 Å². The van der Waals surface area contributed by atoms with Crippen LogP contribution in [0.2, 0.25) is 0 Å². The van der Waals surface area contributed by atoms with Crippen molar-refractivity contribution < 1.29 is 24.2 Å². The number of hydrogen-bond donors (Lipinski definition) is 1. The number of carbonyl (C=O) groups excluding carboxylic acids is 1. The maximum Gasteiger partial charge on any atom is 0.308 e. The van der Waals surface area contributed by atoms with E-state index in [1.54, 1.807) is 12.0 Å². The molecule has 6 nitrogen and oxygen atoms in total. The monoisotopic (exact) mass is 321 g/mol. The van der Waals surface area contributed by atoms with Crippen molar-refractivity contribution in [2.75, 3.05) is 26.9 Å². The summed E-state index contributed by atoms with van der Waals surface area (Å²) in [6.45, 7) is 3.09. The average Bonchev–Trinajstić information content (AvgIpc) is 2.54. The van der Waals surface area contributed by atoms with E-state index in [4.69, 9.17) is 9.47 Å². The van der Waals surface area contributed by atoms with E-state index in [1.165, 1.54) is 0 Å². The highest BCUT2D eigenvalue weighted by Crippen LogP contribution is 2.40. The molecule has 0 unspecified atom stereocenters. The quantitative estimate of drug-likeness (QED) is 0.832. The van der Waals surface area contributed by atoms with Gasteiger partial charge in [0, 0.05) is 25.6 Å². The molecule has 1 aliphatic rings. The second-order valence-corrected chi connectivity index (χ2v) is 5.48. The Balaban J connectivity index is 2.44. The number of aliphatic carboxylic acids is 1. The molecule has 0 aromatic heterocycles. The van der Waals surface area contributed by atoms with E-state index < -0.39 is 17.9 Å². The molecule has 1 aromatic rings. The highest BCUT2D eigenvalue weighted by atomic mass is 16.5. The van der Waals surface area contributed by atoms with Crippen molar-refractivity contribution in [3.8, 4) is 5.75 Å². The minimum Gasteiger partial charge on any atom is -0.494 e. The van der Waals surface area contributed by atoms with Crippen LogP contribution in [0.5, 0.6) is 5.75 Å². The lowest BCUT2D eigenvalue weighted by Crippen LogP contribution is -2.46. The summed E-state index contributed by atoms with van der Waals surface area (Å²) in [6.07, 6.45) is 0.580. The maximum absolute atomic E-state index is 12.4. The molecule has 0 bridgehead atoms. The van der Waals surface area contributed by atoms with Crippen LogP contribution in [0.1, 0.15) is 31.4 Å². The fourth-order valence-electron chi connectivity index (χ4n) is 3.06. The molecule has 1 amide bonds. The van der Waals surface area contributed by atoms with E-state index in [0.29, 0.717) is 31.9 Å². The van der Waals surface area contributed by atoms with E-state index >= 15 is 0 Å². The van der Waals surface area contributed by atoms with Crippen molar-refractivity contribution in [3.05, 3.63) is 29.8 Å². The van der Waals surface area contributed by atoms with Gasteiger partial charge in [-0.25, -0.2) is 0 Å². The Morgan fingerprint density at radius 2 is 2.13 bits per heavy atom. The van der Waals surface area contributed by atoms with Crippen molar-refractivity contribution in [1.82, 2.24) is 4.90 Å². The normalized spacial score (nSPS) is 21.3. The van der Waals surface area contributed by atoms with Gasteiger partial charge >= 0.3 is 5.97 Å². The lowest BCUT2D eigenvalue weighted by Gasteiger charge is -2.40. The summed E-state index contributed by atoms with van der Waals surface area (Å²) < 4.78 is 10.7. The van der Waals surface area contributed by atoms with Crippen molar-refractivity contribution >= 4 is 11.9 Å². The molecule has 6 heteroatoms. The molecule has 1 aromatic carbocycles. The first-order valence-electron chi connectivity index (χ1n) is 7.83. The topological polar surface area (TPSA) is 76.1 Å². The van der Waals surface area contributed by atoms with Gasteiger partial charge < -0.3 is 19.5 Å². The SMILES string of the molecule is CCOc1ccccc1[C@@H]1[C@@H](C(=O)O)CCC(=O)N1CCOC. The van der Waals surface area contributed by atoms with Gasteiger partial charge in [0.2, 0.25) is 5.91 Å².